The van der Waals surface area contributed by atoms with Gasteiger partial charge in [-0.1, -0.05) is 116 Å². The molecule has 20 nitrogen and oxygen atoms in total. The second-order valence-corrected chi connectivity index (χ2v) is 39.6. The number of ketones is 8. The molecule has 112 heavy (non-hydrogen) atoms. The van der Waals surface area contributed by atoms with Crippen LogP contribution in [0, 0.1) is 126 Å². The van der Waals surface area contributed by atoms with Crippen LogP contribution in [0.2, 0.25) is 0 Å². The van der Waals surface area contributed by atoms with Gasteiger partial charge in [-0.2, -0.15) is 0 Å². The number of carbonyl (C=O) groups is 8. The Hall–Kier alpha value is -5.41. The third kappa shape index (κ3) is 10.6. The van der Waals surface area contributed by atoms with Gasteiger partial charge in [0.05, 0.1) is 30.5 Å². The maximum Gasteiger partial charge on any atom is 0.192 e. The molecule has 616 valence electrons. The maximum atomic E-state index is 17.0. The van der Waals surface area contributed by atoms with E-state index in [1.54, 1.807) is 79.7 Å². The fraction of sp³-hybridized carbons (Fsp3) is 0.730. The molecule has 0 spiro atoms. The molecule has 0 aromatic carbocycles. The summed E-state index contributed by atoms with van der Waals surface area (Å²) in [5.74, 6) is -5.72. The minimum Gasteiger partial charge on any atom is -0.393 e. The van der Waals surface area contributed by atoms with Crippen molar-refractivity contribution in [3.63, 3.8) is 0 Å². The van der Waals surface area contributed by atoms with Crippen LogP contribution in [0.5, 0.6) is 0 Å². The number of carbonyl (C=O) groups excluding carboxylic acids is 8. The molecule has 0 radical (unpaired) electrons. The molecule has 16 aliphatic rings. The molecule has 0 aromatic rings. The Balaban J connectivity index is 0.000000131. The van der Waals surface area contributed by atoms with E-state index in [4.69, 9.17) is 0 Å². The van der Waals surface area contributed by atoms with Crippen LogP contribution in [0.3, 0.4) is 0 Å². The predicted molar refractivity (Wildman–Crippen MR) is 404 cm³/mol. The molecule has 0 heterocycles. The van der Waals surface area contributed by atoms with Crippen LogP contribution in [-0.4, -0.2) is 198 Å². The average Bonchev–Trinajstić information content (AvgIpc) is 1.39. The highest BCUT2D eigenvalue weighted by molar-refractivity contribution is 6.03. The van der Waals surface area contributed by atoms with Gasteiger partial charge in [0, 0.05) is 67.0 Å². The van der Waals surface area contributed by atoms with E-state index < -0.39 is 182 Å². The quantitative estimate of drug-likeness (QED) is 0.110. The number of halogens is 3. The third-order valence-electron chi connectivity index (χ3n) is 35.5. The first-order valence-electron chi connectivity index (χ1n) is 40.9. The van der Waals surface area contributed by atoms with E-state index in [0.29, 0.717) is 85.8 Å². The first kappa shape index (κ1) is 84.5. The Bertz CT molecular complexity index is 4120. The number of aliphatic hydroxyl groups is 12. The lowest BCUT2D eigenvalue weighted by atomic mass is 9.43. The minimum absolute atomic E-state index is 0.0135. The van der Waals surface area contributed by atoms with Crippen molar-refractivity contribution in [1.82, 2.24) is 0 Å². The van der Waals surface area contributed by atoms with Crippen molar-refractivity contribution in [3.8, 4) is 0 Å². The molecular formula is C89H119F3O20. The zero-order valence-corrected chi connectivity index (χ0v) is 67.0. The Labute approximate surface area is 654 Å². The molecular weight excluding hydrogens is 1450 g/mol. The summed E-state index contributed by atoms with van der Waals surface area (Å²) in [4.78, 5) is 97.8. The molecule has 12 N–H and O–H groups in total. The molecule has 0 bridgehead atoms. The second kappa shape index (κ2) is 27.3. The summed E-state index contributed by atoms with van der Waals surface area (Å²) in [6.45, 7) is 21.4. The summed E-state index contributed by atoms with van der Waals surface area (Å²) < 4.78 is 50.7. The van der Waals surface area contributed by atoms with E-state index in [2.05, 4.69) is 20.8 Å². The third-order valence-corrected chi connectivity index (χ3v) is 35.5. The summed E-state index contributed by atoms with van der Waals surface area (Å²) in [5, 5.41) is 127. The maximum absolute atomic E-state index is 17.0. The van der Waals surface area contributed by atoms with Gasteiger partial charge in [0.2, 0.25) is 0 Å². The van der Waals surface area contributed by atoms with Crippen LogP contribution in [0.4, 0.5) is 13.2 Å². The number of allylic oxidation sites excluding steroid dienone is 16. The molecule has 0 saturated heterocycles. The fourth-order valence-electron chi connectivity index (χ4n) is 29.4. The van der Waals surface area contributed by atoms with Crippen molar-refractivity contribution in [1.29, 1.82) is 0 Å². The Morgan fingerprint density at radius 3 is 1.23 bits per heavy atom. The lowest BCUT2D eigenvalue weighted by Gasteiger charge is -2.63. The van der Waals surface area contributed by atoms with Crippen molar-refractivity contribution in [2.75, 3.05) is 26.4 Å². The standard InChI is InChI=1S/C23H31FO5.C23H32O4.C22H29FO5.C21H27FO6/c1-12-7-17-16-8-13(2)23(29,19(28)11-25)21(16,4)10-18(27)22(17,24)20(3)6-5-14(26)9-15(12)20;1-13-9-15-16-6-8-22(3,19(27)12-24)23(16,4)11-18(26)20(15)21(2)7-5-14(25)10-17(13)21;1-12-8-16-15-5-4-13-9-14(25)6-7-19(13,2)21(15,23)17(26)10-20(16,3)22(12,28)18(27)11-24;1-18-6-5-12(24)7-11(18)3-4-13-14-8-15(25)21(28,17(27)10-23)19(14,2)9-16(26)20(13,18)22/h5-6,9,12-13,16-18,25,27,29H,7-8,10-11H2,1-4H3;5,7,10,13,15-16,18,20,24,26H,6,8-9,11-12H2,1-4H3;6-7,9,12,15-17,24,26,28H,4-5,8,10-11H2,1-3H3;5-7,13-16,23,25-26,28H,3-4,8-10H2,1-2H3/t12-,13-,16-,17-,18-,20-,21-,22-,23-;13-,15-,16-,18-,20+,21-,22+,23-;12-,15+,16+,17+,19+,20+,21+,22+;13-,14-,15+,16-,18-,19-,20-,21-/m0010/s1. The molecule has 23 heteroatoms. The highest BCUT2D eigenvalue weighted by atomic mass is 19.2. The molecule has 0 amide bonds. The summed E-state index contributed by atoms with van der Waals surface area (Å²) in [6.07, 6.45) is 18.5. The van der Waals surface area contributed by atoms with Gasteiger partial charge in [-0.25, -0.2) is 13.2 Å². The number of hydrogen-bond acceptors (Lipinski definition) is 20. The molecule has 33 atom stereocenters. The summed E-state index contributed by atoms with van der Waals surface area (Å²) in [6, 6.07) is 0. The monoisotopic (exact) mass is 1560 g/mol. The van der Waals surface area contributed by atoms with Crippen LogP contribution in [-0.2, 0) is 38.4 Å². The van der Waals surface area contributed by atoms with Gasteiger partial charge in [0.25, 0.3) is 0 Å². The van der Waals surface area contributed by atoms with Crippen molar-refractivity contribution < 1.29 is 113 Å². The Morgan fingerprint density at radius 2 is 0.777 bits per heavy atom. The van der Waals surface area contributed by atoms with Crippen LogP contribution in [0.25, 0.3) is 0 Å². The molecule has 0 aromatic heterocycles. The van der Waals surface area contributed by atoms with Gasteiger partial charge in [-0.15, -0.1) is 0 Å². The van der Waals surface area contributed by atoms with E-state index in [0.717, 1.165) is 24.8 Å². The van der Waals surface area contributed by atoms with Gasteiger partial charge >= 0.3 is 0 Å². The van der Waals surface area contributed by atoms with Crippen molar-refractivity contribution in [2.45, 2.75) is 251 Å². The number of aliphatic hydroxyl groups excluding tert-OH is 9. The topological polar surface area (TPSA) is 379 Å². The lowest BCUT2D eigenvalue weighted by molar-refractivity contribution is -0.223. The first-order valence-corrected chi connectivity index (χ1v) is 40.9. The van der Waals surface area contributed by atoms with E-state index in [9.17, 15) is 99.6 Å². The summed E-state index contributed by atoms with van der Waals surface area (Å²) in [7, 11) is 0. The highest BCUT2D eigenvalue weighted by Crippen LogP contribution is 2.76. The van der Waals surface area contributed by atoms with Crippen LogP contribution < -0.4 is 0 Å². The number of fused-ring (bicyclic) bond motifs is 20. The van der Waals surface area contributed by atoms with Gasteiger partial charge in [-0.05, 0) is 224 Å². The number of Topliss-reactive ketones (excluding diaryl/α,β-unsaturated/α-hetero) is 4. The van der Waals surface area contributed by atoms with Gasteiger partial charge < -0.3 is 61.3 Å². The van der Waals surface area contributed by atoms with E-state index in [-0.39, 0.29) is 89.1 Å². The van der Waals surface area contributed by atoms with Crippen LogP contribution in [0.15, 0.2) is 95.2 Å². The zero-order chi connectivity index (χ0) is 82.7. The lowest BCUT2D eigenvalue weighted by Crippen LogP contribution is -2.70. The SMILES string of the molecule is C[C@@H]1C[C@H]2[C@@H]3CCC4=CC(=O)C=C[C@]4(C)[C@@]3(F)[C@@H](O)C[C@]2(C)[C@@]1(O)C(=O)CO.C[C@H]1C[C@@H]2[C@H]([C@@H](O)C[C@@]3(C)[C@H]2CC[C@]3(C)C(=O)CO)[C@@]2(C)C=CC(=O)C=C12.C[C@H]1C[C@H]2[C@@H]3C[C@H](C)[C@](O)(C(=O)CO)[C@@]3(C)C[C@H](O)[C@]2(F)[C@@]2(C)C=CC(=O)C=C12.C[C@]12C=CC(=O)C=C1CC[C@H]1[C@@H]3C[C@@H](O)[C@](O)(C(=O)CO)[C@@]3(C)C[C@H](O)[C@@]12F. The second-order valence-electron chi connectivity index (χ2n) is 39.6. The molecule has 0 unspecified atom stereocenters. The van der Waals surface area contributed by atoms with E-state index >= 15 is 13.2 Å². The molecule has 16 aliphatic carbocycles. The predicted octanol–water partition coefficient (Wildman–Crippen LogP) is 7.74. The summed E-state index contributed by atoms with van der Waals surface area (Å²) in [5.41, 5.74) is -16.5. The average molecular weight is 1570 g/mol. The van der Waals surface area contributed by atoms with Crippen molar-refractivity contribution in [2.24, 2.45) is 126 Å². The Morgan fingerprint density at radius 1 is 0.402 bits per heavy atom. The number of rotatable bonds is 8. The molecule has 16 rings (SSSR count). The number of alkyl halides is 3. The van der Waals surface area contributed by atoms with Crippen LogP contribution in [0.1, 0.15) is 186 Å². The Kier molecular flexibility index (Phi) is 20.6. The fourth-order valence-corrected chi connectivity index (χ4v) is 29.4. The smallest absolute Gasteiger partial charge is 0.192 e. The van der Waals surface area contributed by atoms with Crippen molar-refractivity contribution >= 4 is 46.3 Å². The first-order chi connectivity index (χ1) is 51.9. The normalized spacial score (nSPS) is 52.5. The number of hydrogen-bond donors (Lipinski definition) is 12. The highest BCUT2D eigenvalue weighted by Gasteiger charge is 2.80. The van der Waals surface area contributed by atoms with Gasteiger partial charge in [0.1, 0.15) is 37.6 Å². The van der Waals surface area contributed by atoms with Crippen LogP contribution >= 0.6 is 0 Å². The van der Waals surface area contributed by atoms with E-state index in [1.165, 1.54) is 42.5 Å². The molecule has 0 aliphatic heterocycles. The molecule has 12 saturated carbocycles. The van der Waals surface area contributed by atoms with Crippen molar-refractivity contribution in [3.05, 3.63) is 95.2 Å². The van der Waals surface area contributed by atoms with Gasteiger partial charge in [-0.3, -0.25) is 38.4 Å². The largest absolute Gasteiger partial charge is 0.393 e. The zero-order valence-electron chi connectivity index (χ0n) is 67.0. The van der Waals surface area contributed by atoms with E-state index in [1.807, 2.05) is 19.9 Å². The summed E-state index contributed by atoms with van der Waals surface area (Å²) >= 11 is 0. The minimum atomic E-state index is -2.23. The molecule has 12 fully saturated rings. The van der Waals surface area contributed by atoms with Gasteiger partial charge in [0.15, 0.2) is 68.9 Å².